The van der Waals surface area contributed by atoms with Crippen molar-refractivity contribution in [3.8, 4) is 0 Å². The second kappa shape index (κ2) is 7.30. The van der Waals surface area contributed by atoms with Gasteiger partial charge in [-0.2, -0.15) is 0 Å². The lowest BCUT2D eigenvalue weighted by molar-refractivity contribution is -0.151. The lowest BCUT2D eigenvalue weighted by Crippen LogP contribution is -2.24. The molecule has 14 heavy (non-hydrogen) atoms. The highest BCUT2D eigenvalue weighted by molar-refractivity contribution is 5.97. The molecular weight excluding hydrogens is 180 g/mol. The summed E-state index contributed by atoms with van der Waals surface area (Å²) in [6.45, 7) is 7.31. The first-order chi connectivity index (χ1) is 6.63. The van der Waals surface area contributed by atoms with Crippen molar-refractivity contribution in [3.63, 3.8) is 0 Å². The number of hydrogen-bond donors (Lipinski definition) is 0. The van der Waals surface area contributed by atoms with E-state index in [1.54, 1.807) is 6.08 Å². The van der Waals surface area contributed by atoms with Crippen LogP contribution in [0.4, 0.5) is 0 Å². The number of esters is 1. The summed E-state index contributed by atoms with van der Waals surface area (Å²) in [4.78, 5) is 22.4. The molecule has 80 valence electrons. The molecule has 0 aliphatic heterocycles. The van der Waals surface area contributed by atoms with Crippen LogP contribution >= 0.6 is 0 Å². The molecule has 1 atom stereocenters. The topological polar surface area (TPSA) is 43.4 Å². The monoisotopic (exact) mass is 198 g/mol. The molecule has 0 amide bonds. The van der Waals surface area contributed by atoms with Crippen LogP contribution in [0.3, 0.4) is 0 Å². The van der Waals surface area contributed by atoms with Crippen molar-refractivity contribution in [3.05, 3.63) is 12.7 Å². The van der Waals surface area contributed by atoms with E-state index in [9.17, 15) is 9.59 Å². The van der Waals surface area contributed by atoms with Gasteiger partial charge >= 0.3 is 5.97 Å². The van der Waals surface area contributed by atoms with E-state index in [-0.39, 0.29) is 5.78 Å². The van der Waals surface area contributed by atoms with E-state index in [1.165, 1.54) is 6.92 Å². The Bertz CT molecular complexity index is 209. The van der Waals surface area contributed by atoms with Crippen LogP contribution in [0.1, 0.15) is 33.1 Å². The minimum atomic E-state index is -0.663. The summed E-state index contributed by atoms with van der Waals surface area (Å²) >= 11 is 0. The van der Waals surface area contributed by atoms with Gasteiger partial charge in [-0.05, 0) is 19.8 Å². The molecule has 0 spiro atoms. The number of carbonyl (C=O) groups excluding carboxylic acids is 2. The van der Waals surface area contributed by atoms with Crippen molar-refractivity contribution < 1.29 is 14.3 Å². The maximum absolute atomic E-state index is 11.4. The standard InChI is InChI=1S/C11H18O3/c1-4-6-8-14-11(13)10(7-5-2)9(3)12/h5,10H,2,4,6-8H2,1,3H3. The molecule has 0 heterocycles. The van der Waals surface area contributed by atoms with Gasteiger partial charge < -0.3 is 4.74 Å². The van der Waals surface area contributed by atoms with Crippen molar-refractivity contribution in [1.29, 1.82) is 0 Å². The number of allylic oxidation sites excluding steroid dienone is 1. The van der Waals surface area contributed by atoms with Crippen LogP contribution in [0.15, 0.2) is 12.7 Å². The van der Waals surface area contributed by atoms with Gasteiger partial charge in [0.15, 0.2) is 0 Å². The maximum atomic E-state index is 11.4. The number of unbranched alkanes of at least 4 members (excludes halogenated alkanes) is 1. The molecule has 0 saturated heterocycles. The molecule has 0 rings (SSSR count). The minimum Gasteiger partial charge on any atom is -0.465 e. The molecule has 0 aromatic carbocycles. The van der Waals surface area contributed by atoms with Crippen molar-refractivity contribution in [1.82, 2.24) is 0 Å². The highest BCUT2D eigenvalue weighted by Crippen LogP contribution is 2.08. The van der Waals surface area contributed by atoms with Crippen LogP contribution < -0.4 is 0 Å². The van der Waals surface area contributed by atoms with Crippen molar-refractivity contribution in [2.45, 2.75) is 33.1 Å². The Labute approximate surface area is 85.1 Å². The Morgan fingerprint density at radius 2 is 2.14 bits per heavy atom. The van der Waals surface area contributed by atoms with Gasteiger partial charge in [-0.1, -0.05) is 19.4 Å². The van der Waals surface area contributed by atoms with Gasteiger partial charge in [0.05, 0.1) is 6.61 Å². The summed E-state index contributed by atoms with van der Waals surface area (Å²) in [7, 11) is 0. The van der Waals surface area contributed by atoms with Gasteiger partial charge in [0.25, 0.3) is 0 Å². The number of Topliss-reactive ketones (excluding diaryl/α,β-unsaturated/α-hetero) is 1. The van der Waals surface area contributed by atoms with Crippen LogP contribution in [0.2, 0.25) is 0 Å². The number of hydrogen-bond acceptors (Lipinski definition) is 3. The van der Waals surface area contributed by atoms with Crippen LogP contribution in [0.25, 0.3) is 0 Å². The summed E-state index contributed by atoms with van der Waals surface area (Å²) in [6, 6.07) is 0. The Hall–Kier alpha value is -1.12. The molecular formula is C11H18O3. The minimum absolute atomic E-state index is 0.161. The first kappa shape index (κ1) is 12.9. The molecule has 0 aromatic heterocycles. The average Bonchev–Trinajstić information content (AvgIpc) is 2.13. The zero-order valence-electron chi connectivity index (χ0n) is 8.91. The lowest BCUT2D eigenvalue weighted by Gasteiger charge is -2.10. The Balaban J connectivity index is 4.02. The molecule has 0 radical (unpaired) electrons. The fraction of sp³-hybridized carbons (Fsp3) is 0.636. The molecule has 1 unspecified atom stereocenters. The van der Waals surface area contributed by atoms with E-state index in [2.05, 4.69) is 6.58 Å². The third kappa shape index (κ3) is 4.80. The highest BCUT2D eigenvalue weighted by atomic mass is 16.5. The molecule has 0 N–H and O–H groups in total. The second-order valence-corrected chi connectivity index (χ2v) is 3.21. The number of ether oxygens (including phenoxy) is 1. The summed E-state index contributed by atoms with van der Waals surface area (Å²) in [5.74, 6) is -1.25. The normalized spacial score (nSPS) is 11.9. The maximum Gasteiger partial charge on any atom is 0.316 e. The summed E-state index contributed by atoms with van der Waals surface area (Å²) in [5.41, 5.74) is 0. The second-order valence-electron chi connectivity index (χ2n) is 3.21. The zero-order chi connectivity index (χ0) is 11.0. The molecule has 0 aliphatic carbocycles. The predicted octanol–water partition coefficient (Wildman–Crippen LogP) is 2.11. The number of rotatable bonds is 7. The van der Waals surface area contributed by atoms with Gasteiger partial charge in [0, 0.05) is 0 Å². The van der Waals surface area contributed by atoms with Crippen molar-refractivity contribution in [2.75, 3.05) is 6.61 Å². The van der Waals surface area contributed by atoms with Gasteiger partial charge in [0.1, 0.15) is 11.7 Å². The summed E-state index contributed by atoms with van der Waals surface area (Å²) in [6.07, 6.45) is 3.73. The smallest absolute Gasteiger partial charge is 0.316 e. The van der Waals surface area contributed by atoms with E-state index >= 15 is 0 Å². The molecule has 0 saturated carbocycles. The van der Waals surface area contributed by atoms with Gasteiger partial charge in [-0.15, -0.1) is 6.58 Å². The van der Waals surface area contributed by atoms with Crippen LogP contribution in [-0.2, 0) is 14.3 Å². The predicted molar refractivity (Wildman–Crippen MR) is 54.9 cm³/mol. The quantitative estimate of drug-likeness (QED) is 0.272. The molecule has 0 bridgehead atoms. The average molecular weight is 198 g/mol. The van der Waals surface area contributed by atoms with E-state index in [4.69, 9.17) is 4.74 Å². The number of carbonyl (C=O) groups is 2. The molecule has 3 nitrogen and oxygen atoms in total. The summed E-state index contributed by atoms with van der Waals surface area (Å²) < 4.78 is 4.95. The SMILES string of the molecule is C=CCC(C(C)=O)C(=O)OCCCC. The van der Waals surface area contributed by atoms with Crippen LogP contribution in [0.5, 0.6) is 0 Å². The largest absolute Gasteiger partial charge is 0.465 e. The lowest BCUT2D eigenvalue weighted by atomic mass is 10.0. The van der Waals surface area contributed by atoms with E-state index in [0.29, 0.717) is 13.0 Å². The van der Waals surface area contributed by atoms with Gasteiger partial charge in [0.2, 0.25) is 0 Å². The van der Waals surface area contributed by atoms with Crippen LogP contribution in [-0.4, -0.2) is 18.4 Å². The van der Waals surface area contributed by atoms with Crippen molar-refractivity contribution in [2.24, 2.45) is 5.92 Å². The Morgan fingerprint density at radius 1 is 1.50 bits per heavy atom. The molecule has 0 aromatic rings. The third-order valence-electron chi connectivity index (χ3n) is 1.92. The fourth-order valence-electron chi connectivity index (χ4n) is 1.01. The fourth-order valence-corrected chi connectivity index (χ4v) is 1.01. The molecule has 0 fully saturated rings. The van der Waals surface area contributed by atoms with Crippen molar-refractivity contribution >= 4 is 11.8 Å². The van der Waals surface area contributed by atoms with E-state index in [0.717, 1.165) is 12.8 Å². The highest BCUT2D eigenvalue weighted by Gasteiger charge is 2.22. The van der Waals surface area contributed by atoms with Gasteiger partial charge in [-0.25, -0.2) is 0 Å². The molecule has 0 aliphatic rings. The first-order valence-corrected chi connectivity index (χ1v) is 4.91. The van der Waals surface area contributed by atoms with Crippen LogP contribution in [0, 0.1) is 5.92 Å². The van der Waals surface area contributed by atoms with Gasteiger partial charge in [-0.3, -0.25) is 9.59 Å². The number of ketones is 1. The van der Waals surface area contributed by atoms with E-state index in [1.807, 2.05) is 6.92 Å². The molecule has 3 heteroatoms. The third-order valence-corrected chi connectivity index (χ3v) is 1.92. The summed E-state index contributed by atoms with van der Waals surface area (Å²) in [5, 5.41) is 0. The Kier molecular flexibility index (Phi) is 6.72. The zero-order valence-corrected chi connectivity index (χ0v) is 8.91. The first-order valence-electron chi connectivity index (χ1n) is 4.91. The van der Waals surface area contributed by atoms with E-state index < -0.39 is 11.9 Å². The Morgan fingerprint density at radius 3 is 2.57 bits per heavy atom.